The zero-order chi connectivity index (χ0) is 19.1. The smallest absolute Gasteiger partial charge is 0.496 e. The Bertz CT molecular complexity index is 949. The molecule has 3 rings (SSSR count). The molecule has 1 aromatic carbocycles. The van der Waals surface area contributed by atoms with Gasteiger partial charge in [-0.15, -0.1) is 13.2 Å². The largest absolute Gasteiger partial charge is 0.573 e. The van der Waals surface area contributed by atoms with E-state index in [-0.39, 0.29) is 17.0 Å². The summed E-state index contributed by atoms with van der Waals surface area (Å²) in [7, 11) is 1.20. The van der Waals surface area contributed by atoms with Gasteiger partial charge in [-0.3, -0.25) is 0 Å². The first-order valence-corrected chi connectivity index (χ1v) is 6.94. The maximum atomic E-state index is 13.0. The molecular formula is C15H9F6N3O2. The Labute approximate surface area is 141 Å². The maximum absolute atomic E-state index is 13.0. The van der Waals surface area contributed by atoms with Crippen molar-refractivity contribution in [2.24, 2.45) is 0 Å². The third-order valence-corrected chi connectivity index (χ3v) is 3.36. The fourth-order valence-electron chi connectivity index (χ4n) is 2.30. The van der Waals surface area contributed by atoms with Crippen molar-refractivity contribution in [3.63, 3.8) is 0 Å². The normalized spacial score (nSPS) is 12.4. The second-order valence-corrected chi connectivity index (χ2v) is 5.05. The number of ether oxygens (including phenoxy) is 2. The van der Waals surface area contributed by atoms with Crippen LogP contribution in [-0.2, 0) is 6.18 Å². The fraction of sp³-hybridized carbons (Fsp3) is 0.200. The molecule has 0 aliphatic rings. The second kappa shape index (κ2) is 6.07. The molecule has 0 spiro atoms. The van der Waals surface area contributed by atoms with E-state index in [4.69, 9.17) is 4.74 Å². The lowest BCUT2D eigenvalue weighted by atomic mass is 10.1. The molecule has 0 fully saturated rings. The monoisotopic (exact) mass is 377 g/mol. The standard InChI is InChI=1S/C15H9F6N3O2/c1-25-12-6-8(26-15(19,20)21)2-3-9(12)11-4-5-24-13(23-11)10(7-22-24)14(16,17)18/h2-7H,1H3. The van der Waals surface area contributed by atoms with Crippen molar-refractivity contribution in [1.82, 2.24) is 14.6 Å². The molecule has 0 aliphatic carbocycles. The second-order valence-electron chi connectivity index (χ2n) is 5.05. The molecular weight excluding hydrogens is 368 g/mol. The van der Waals surface area contributed by atoms with Crippen LogP contribution in [0.15, 0.2) is 36.7 Å². The minimum Gasteiger partial charge on any atom is -0.496 e. The van der Waals surface area contributed by atoms with Gasteiger partial charge in [-0.2, -0.15) is 18.3 Å². The number of halogens is 6. The zero-order valence-corrected chi connectivity index (χ0v) is 12.9. The Morgan fingerprint density at radius 2 is 1.77 bits per heavy atom. The summed E-state index contributed by atoms with van der Waals surface area (Å²) < 4.78 is 85.7. The van der Waals surface area contributed by atoms with Gasteiger partial charge in [0.15, 0.2) is 5.65 Å². The van der Waals surface area contributed by atoms with Gasteiger partial charge in [0.2, 0.25) is 0 Å². The first kappa shape index (κ1) is 17.8. The van der Waals surface area contributed by atoms with Crippen molar-refractivity contribution in [1.29, 1.82) is 0 Å². The van der Waals surface area contributed by atoms with Gasteiger partial charge in [0.1, 0.15) is 17.1 Å². The number of alkyl halides is 6. The minimum absolute atomic E-state index is 0.0447. The summed E-state index contributed by atoms with van der Waals surface area (Å²) in [6.45, 7) is 0. The van der Waals surface area contributed by atoms with Crippen LogP contribution < -0.4 is 9.47 Å². The predicted octanol–water partition coefficient (Wildman–Crippen LogP) is 4.32. The lowest BCUT2D eigenvalue weighted by Crippen LogP contribution is -2.17. The van der Waals surface area contributed by atoms with Crippen LogP contribution in [0.1, 0.15) is 5.56 Å². The third kappa shape index (κ3) is 3.51. The van der Waals surface area contributed by atoms with Crippen molar-refractivity contribution >= 4 is 5.65 Å². The minimum atomic E-state index is -4.89. The topological polar surface area (TPSA) is 48.7 Å². The molecule has 0 radical (unpaired) electrons. The molecule has 0 unspecified atom stereocenters. The zero-order valence-electron chi connectivity index (χ0n) is 12.9. The molecule has 26 heavy (non-hydrogen) atoms. The van der Waals surface area contributed by atoms with Gasteiger partial charge in [-0.25, -0.2) is 9.50 Å². The molecule has 2 heterocycles. The van der Waals surface area contributed by atoms with Crippen LogP contribution in [-0.4, -0.2) is 28.1 Å². The van der Waals surface area contributed by atoms with Gasteiger partial charge >= 0.3 is 12.5 Å². The van der Waals surface area contributed by atoms with E-state index in [1.807, 2.05) is 0 Å². The lowest BCUT2D eigenvalue weighted by molar-refractivity contribution is -0.274. The van der Waals surface area contributed by atoms with Crippen molar-refractivity contribution in [2.75, 3.05) is 7.11 Å². The number of hydrogen-bond donors (Lipinski definition) is 0. The van der Waals surface area contributed by atoms with E-state index in [1.165, 1.54) is 25.4 Å². The van der Waals surface area contributed by atoms with Gasteiger partial charge in [0.05, 0.1) is 19.0 Å². The van der Waals surface area contributed by atoms with E-state index < -0.39 is 29.5 Å². The van der Waals surface area contributed by atoms with Crippen molar-refractivity contribution in [3.05, 3.63) is 42.2 Å². The van der Waals surface area contributed by atoms with E-state index in [1.54, 1.807) is 0 Å². The summed E-state index contributed by atoms with van der Waals surface area (Å²) in [5.74, 6) is -0.573. The molecule has 0 amide bonds. The highest BCUT2D eigenvalue weighted by molar-refractivity contribution is 5.70. The predicted molar refractivity (Wildman–Crippen MR) is 76.7 cm³/mol. The summed E-state index contributed by atoms with van der Waals surface area (Å²) in [5.41, 5.74) is -1.21. The molecule has 2 aromatic heterocycles. The summed E-state index contributed by atoms with van der Waals surface area (Å²) in [5, 5.41) is 3.57. The molecule has 0 atom stereocenters. The van der Waals surface area contributed by atoms with Crippen molar-refractivity contribution < 1.29 is 35.8 Å². The summed E-state index contributed by atoms with van der Waals surface area (Å²) in [6, 6.07) is 4.55. The van der Waals surface area contributed by atoms with E-state index in [2.05, 4.69) is 14.8 Å². The average molecular weight is 377 g/mol. The number of methoxy groups -OCH3 is 1. The highest BCUT2D eigenvalue weighted by atomic mass is 19.4. The number of fused-ring (bicyclic) bond motifs is 1. The molecule has 0 bridgehead atoms. The Hall–Kier alpha value is -2.98. The van der Waals surface area contributed by atoms with E-state index in [9.17, 15) is 26.3 Å². The number of benzene rings is 1. The number of hydrogen-bond acceptors (Lipinski definition) is 4. The first-order chi connectivity index (χ1) is 12.1. The Morgan fingerprint density at radius 3 is 2.38 bits per heavy atom. The van der Waals surface area contributed by atoms with Crippen LogP contribution in [0.2, 0.25) is 0 Å². The SMILES string of the molecule is COc1cc(OC(F)(F)F)ccc1-c1ccn2ncc(C(F)(F)F)c2n1. The Kier molecular flexibility index (Phi) is 4.17. The highest BCUT2D eigenvalue weighted by Gasteiger charge is 2.35. The van der Waals surface area contributed by atoms with Crippen LogP contribution in [0.25, 0.3) is 16.9 Å². The lowest BCUT2D eigenvalue weighted by Gasteiger charge is -2.13. The van der Waals surface area contributed by atoms with Crippen LogP contribution in [0.3, 0.4) is 0 Å². The van der Waals surface area contributed by atoms with Gasteiger partial charge in [-0.1, -0.05) is 0 Å². The quantitative estimate of drug-likeness (QED) is 0.638. The molecule has 0 saturated heterocycles. The van der Waals surface area contributed by atoms with Crippen LogP contribution in [0.5, 0.6) is 11.5 Å². The van der Waals surface area contributed by atoms with Crippen LogP contribution >= 0.6 is 0 Å². The molecule has 0 saturated carbocycles. The number of aromatic nitrogens is 3. The molecule has 3 aromatic rings. The van der Waals surface area contributed by atoms with Crippen molar-refractivity contribution in [3.8, 4) is 22.8 Å². The van der Waals surface area contributed by atoms with Crippen LogP contribution in [0.4, 0.5) is 26.3 Å². The van der Waals surface area contributed by atoms with Gasteiger partial charge in [-0.05, 0) is 18.2 Å². The van der Waals surface area contributed by atoms with Crippen LogP contribution in [0, 0.1) is 0 Å². The van der Waals surface area contributed by atoms with E-state index in [0.29, 0.717) is 6.20 Å². The van der Waals surface area contributed by atoms with E-state index >= 15 is 0 Å². The Morgan fingerprint density at radius 1 is 1.04 bits per heavy atom. The van der Waals surface area contributed by atoms with Gasteiger partial charge in [0, 0.05) is 17.8 Å². The average Bonchev–Trinajstić information content (AvgIpc) is 2.96. The van der Waals surface area contributed by atoms with Gasteiger partial charge < -0.3 is 9.47 Å². The number of rotatable bonds is 3. The molecule has 138 valence electrons. The summed E-state index contributed by atoms with van der Waals surface area (Å²) in [6.07, 6.45) is -7.64. The summed E-state index contributed by atoms with van der Waals surface area (Å²) >= 11 is 0. The van der Waals surface area contributed by atoms with Crippen molar-refractivity contribution in [2.45, 2.75) is 12.5 Å². The summed E-state index contributed by atoms with van der Waals surface area (Å²) in [4.78, 5) is 3.92. The highest BCUT2D eigenvalue weighted by Crippen LogP contribution is 2.36. The molecule has 0 N–H and O–H groups in total. The Balaban J connectivity index is 2.08. The van der Waals surface area contributed by atoms with E-state index in [0.717, 1.165) is 16.6 Å². The molecule has 11 heteroatoms. The number of nitrogens with zero attached hydrogens (tertiary/aromatic N) is 3. The molecule has 0 aliphatic heterocycles. The third-order valence-electron chi connectivity index (χ3n) is 3.36. The first-order valence-electron chi connectivity index (χ1n) is 6.94. The maximum Gasteiger partial charge on any atom is 0.573 e. The van der Waals surface area contributed by atoms with Gasteiger partial charge in [0.25, 0.3) is 0 Å². The molecule has 5 nitrogen and oxygen atoms in total. The fourth-order valence-corrected chi connectivity index (χ4v) is 2.30.